The maximum Gasteiger partial charge on any atom is 0.261 e. The van der Waals surface area contributed by atoms with Gasteiger partial charge in [-0.25, -0.2) is 0 Å². The lowest BCUT2D eigenvalue weighted by atomic mass is 10.1. The van der Waals surface area contributed by atoms with Crippen LogP contribution in [0.15, 0.2) is 18.2 Å². The molecular formula is C13H18Cl2N2O2. The molecule has 1 atom stereocenters. The number of halogens is 2. The molecule has 1 amide bonds. The second kappa shape index (κ2) is 6.46. The van der Waals surface area contributed by atoms with Gasteiger partial charge in [-0.15, -0.1) is 0 Å². The summed E-state index contributed by atoms with van der Waals surface area (Å²) in [5.74, 6) is 0.167. The normalized spacial score (nSPS) is 12.9. The molecule has 19 heavy (non-hydrogen) atoms. The van der Waals surface area contributed by atoms with Crippen molar-refractivity contribution in [1.82, 2.24) is 5.32 Å². The fourth-order valence-electron chi connectivity index (χ4n) is 1.30. The summed E-state index contributed by atoms with van der Waals surface area (Å²) in [4.78, 5) is 11.9. The summed E-state index contributed by atoms with van der Waals surface area (Å²) in [5, 5.41) is 3.68. The van der Waals surface area contributed by atoms with E-state index in [9.17, 15) is 4.79 Å². The number of carbonyl (C=O) groups excluding carboxylic acids is 1. The minimum atomic E-state index is -0.676. The smallest absolute Gasteiger partial charge is 0.261 e. The molecular weight excluding hydrogens is 287 g/mol. The molecule has 0 saturated heterocycles. The topological polar surface area (TPSA) is 64.3 Å². The van der Waals surface area contributed by atoms with Crippen molar-refractivity contribution >= 4 is 29.1 Å². The molecule has 6 heteroatoms. The Hall–Kier alpha value is -0.970. The highest BCUT2D eigenvalue weighted by molar-refractivity contribution is 6.35. The van der Waals surface area contributed by atoms with Crippen LogP contribution in [0.2, 0.25) is 10.0 Å². The molecule has 0 saturated carbocycles. The quantitative estimate of drug-likeness (QED) is 0.879. The molecule has 1 rings (SSSR count). The Morgan fingerprint density at radius 1 is 1.47 bits per heavy atom. The summed E-state index contributed by atoms with van der Waals surface area (Å²) in [5.41, 5.74) is 5.08. The van der Waals surface area contributed by atoms with Gasteiger partial charge in [-0.05, 0) is 39.0 Å². The highest BCUT2D eigenvalue weighted by atomic mass is 35.5. The van der Waals surface area contributed by atoms with Crippen molar-refractivity contribution in [3.63, 3.8) is 0 Å². The lowest BCUT2D eigenvalue weighted by Crippen LogP contribution is -2.52. The molecule has 0 bridgehead atoms. The maximum atomic E-state index is 11.9. The molecule has 0 aliphatic heterocycles. The molecule has 0 aromatic heterocycles. The van der Waals surface area contributed by atoms with E-state index in [4.69, 9.17) is 33.7 Å². The summed E-state index contributed by atoms with van der Waals surface area (Å²) < 4.78 is 5.51. The molecule has 4 nitrogen and oxygen atoms in total. The summed E-state index contributed by atoms with van der Waals surface area (Å²) in [6, 6.07) is 4.84. The van der Waals surface area contributed by atoms with Crippen molar-refractivity contribution in [2.75, 3.05) is 6.54 Å². The van der Waals surface area contributed by atoms with Crippen molar-refractivity contribution in [1.29, 1.82) is 0 Å². The predicted molar refractivity (Wildman–Crippen MR) is 77.8 cm³/mol. The number of carbonyl (C=O) groups is 1. The van der Waals surface area contributed by atoms with E-state index < -0.39 is 11.6 Å². The van der Waals surface area contributed by atoms with Gasteiger partial charge in [0.25, 0.3) is 5.91 Å². The highest BCUT2D eigenvalue weighted by Gasteiger charge is 2.23. The Kier molecular flexibility index (Phi) is 5.47. The van der Waals surface area contributed by atoms with Gasteiger partial charge in [-0.3, -0.25) is 4.79 Å². The van der Waals surface area contributed by atoms with Crippen LogP contribution in [0.1, 0.15) is 20.8 Å². The number of nitrogens with one attached hydrogen (secondary N) is 1. The molecule has 1 aromatic carbocycles. The predicted octanol–water partition coefficient (Wildman–Crippen LogP) is 2.61. The van der Waals surface area contributed by atoms with Gasteiger partial charge >= 0.3 is 0 Å². The maximum absolute atomic E-state index is 11.9. The molecule has 0 heterocycles. The first-order valence-electron chi connectivity index (χ1n) is 5.89. The zero-order valence-electron chi connectivity index (χ0n) is 11.2. The average molecular weight is 305 g/mol. The largest absolute Gasteiger partial charge is 0.479 e. The van der Waals surface area contributed by atoms with Crippen LogP contribution in [0.4, 0.5) is 0 Å². The molecule has 0 aliphatic carbocycles. The van der Waals surface area contributed by atoms with Crippen LogP contribution in [-0.2, 0) is 4.79 Å². The van der Waals surface area contributed by atoms with Gasteiger partial charge in [0.2, 0.25) is 0 Å². The Morgan fingerprint density at radius 3 is 2.63 bits per heavy atom. The van der Waals surface area contributed by atoms with E-state index in [1.54, 1.807) is 25.1 Å². The lowest BCUT2D eigenvalue weighted by Gasteiger charge is -2.26. The van der Waals surface area contributed by atoms with E-state index in [0.717, 1.165) is 0 Å². The van der Waals surface area contributed by atoms with E-state index in [1.807, 2.05) is 13.8 Å². The molecule has 0 fully saturated rings. The lowest BCUT2D eigenvalue weighted by molar-refractivity contribution is -0.128. The van der Waals surface area contributed by atoms with Gasteiger partial charge in [0.1, 0.15) is 5.75 Å². The SMILES string of the molecule is CC(Oc1ccc(Cl)cc1Cl)C(=O)NC(C)(C)CN. The molecule has 106 valence electrons. The summed E-state index contributed by atoms with van der Waals surface area (Å²) in [7, 11) is 0. The Morgan fingerprint density at radius 2 is 2.11 bits per heavy atom. The van der Waals surface area contributed by atoms with Gasteiger partial charge in [-0.1, -0.05) is 23.2 Å². The van der Waals surface area contributed by atoms with Gasteiger partial charge in [0.15, 0.2) is 6.10 Å². The molecule has 0 spiro atoms. The minimum absolute atomic E-state index is 0.249. The minimum Gasteiger partial charge on any atom is -0.479 e. The van der Waals surface area contributed by atoms with E-state index in [2.05, 4.69) is 5.32 Å². The van der Waals surface area contributed by atoms with E-state index in [1.165, 1.54) is 0 Å². The van der Waals surface area contributed by atoms with Crippen LogP contribution in [0.3, 0.4) is 0 Å². The zero-order chi connectivity index (χ0) is 14.6. The van der Waals surface area contributed by atoms with E-state index in [0.29, 0.717) is 22.3 Å². The third-order valence-electron chi connectivity index (χ3n) is 2.54. The third kappa shape index (κ3) is 4.90. The van der Waals surface area contributed by atoms with Crippen LogP contribution in [0.25, 0.3) is 0 Å². The van der Waals surface area contributed by atoms with Crippen molar-refractivity contribution in [2.45, 2.75) is 32.4 Å². The summed E-state index contributed by atoms with van der Waals surface area (Å²) >= 11 is 11.8. The van der Waals surface area contributed by atoms with Crippen LogP contribution >= 0.6 is 23.2 Å². The molecule has 3 N–H and O–H groups in total. The number of ether oxygens (including phenoxy) is 1. The van der Waals surface area contributed by atoms with Crippen LogP contribution in [0, 0.1) is 0 Å². The summed E-state index contributed by atoms with van der Waals surface area (Å²) in [6.07, 6.45) is -0.676. The number of hydrogen-bond acceptors (Lipinski definition) is 3. The number of amides is 1. The number of nitrogens with two attached hydrogens (primary N) is 1. The second-order valence-electron chi connectivity index (χ2n) is 4.91. The molecule has 0 radical (unpaired) electrons. The Labute approximate surface area is 123 Å². The Bertz CT molecular complexity index is 464. The number of benzene rings is 1. The van der Waals surface area contributed by atoms with Crippen LogP contribution in [0.5, 0.6) is 5.75 Å². The highest BCUT2D eigenvalue weighted by Crippen LogP contribution is 2.28. The Balaban J connectivity index is 2.69. The monoisotopic (exact) mass is 304 g/mol. The standard InChI is InChI=1S/C13H18Cl2N2O2/c1-8(12(18)17-13(2,3)7-16)19-11-5-4-9(14)6-10(11)15/h4-6,8H,7,16H2,1-3H3,(H,17,18). The van der Waals surface area contributed by atoms with E-state index >= 15 is 0 Å². The number of hydrogen-bond donors (Lipinski definition) is 2. The number of rotatable bonds is 5. The first-order valence-corrected chi connectivity index (χ1v) is 6.64. The second-order valence-corrected chi connectivity index (χ2v) is 5.76. The van der Waals surface area contributed by atoms with Crippen LogP contribution < -0.4 is 15.8 Å². The molecule has 1 aromatic rings. The zero-order valence-corrected chi connectivity index (χ0v) is 12.7. The van der Waals surface area contributed by atoms with E-state index in [-0.39, 0.29) is 5.91 Å². The van der Waals surface area contributed by atoms with Gasteiger partial charge in [0.05, 0.1) is 5.02 Å². The third-order valence-corrected chi connectivity index (χ3v) is 3.07. The summed E-state index contributed by atoms with van der Waals surface area (Å²) in [6.45, 7) is 5.67. The van der Waals surface area contributed by atoms with Crippen molar-refractivity contribution in [2.24, 2.45) is 5.73 Å². The first-order chi connectivity index (χ1) is 8.75. The average Bonchev–Trinajstić information content (AvgIpc) is 2.32. The fourth-order valence-corrected chi connectivity index (χ4v) is 1.75. The van der Waals surface area contributed by atoms with Gasteiger partial charge in [-0.2, -0.15) is 0 Å². The van der Waals surface area contributed by atoms with Gasteiger partial charge < -0.3 is 15.8 Å². The van der Waals surface area contributed by atoms with Crippen molar-refractivity contribution < 1.29 is 9.53 Å². The van der Waals surface area contributed by atoms with Crippen LogP contribution in [-0.4, -0.2) is 24.1 Å². The molecule has 0 aliphatic rings. The fraction of sp³-hybridized carbons (Fsp3) is 0.462. The van der Waals surface area contributed by atoms with Crippen molar-refractivity contribution in [3.05, 3.63) is 28.2 Å². The molecule has 1 unspecified atom stereocenters. The van der Waals surface area contributed by atoms with Gasteiger partial charge in [0, 0.05) is 17.1 Å². The van der Waals surface area contributed by atoms with Crippen molar-refractivity contribution in [3.8, 4) is 5.75 Å². The first kappa shape index (κ1) is 16.1.